The average molecular weight is 448 g/mol. The second-order valence-electron chi connectivity index (χ2n) is 9.94. The third-order valence-corrected chi connectivity index (χ3v) is 7.25. The highest BCUT2D eigenvalue weighted by atomic mass is 16.5. The van der Waals surface area contributed by atoms with E-state index in [0.717, 1.165) is 70.0 Å². The van der Waals surface area contributed by atoms with Crippen LogP contribution in [0.1, 0.15) is 96.0 Å². The van der Waals surface area contributed by atoms with Gasteiger partial charge in [0.15, 0.2) is 0 Å². The van der Waals surface area contributed by atoms with Crippen molar-refractivity contribution in [1.82, 2.24) is 0 Å². The second kappa shape index (κ2) is 12.8. The van der Waals surface area contributed by atoms with Crippen molar-refractivity contribution in [2.75, 3.05) is 6.61 Å². The molecule has 33 heavy (non-hydrogen) atoms. The Bertz CT molecular complexity index is 868. The summed E-state index contributed by atoms with van der Waals surface area (Å²) >= 11 is 0. The van der Waals surface area contributed by atoms with Crippen LogP contribution < -0.4 is 4.74 Å². The van der Waals surface area contributed by atoms with Gasteiger partial charge >= 0.3 is 0 Å². The fraction of sp³-hybridized carbons (Fsp3) is 0.567. The average Bonchev–Trinajstić information content (AvgIpc) is 2.85. The van der Waals surface area contributed by atoms with Gasteiger partial charge in [-0.25, -0.2) is 0 Å². The highest BCUT2D eigenvalue weighted by molar-refractivity contribution is 5.64. The Hall–Kier alpha value is -2.31. The van der Waals surface area contributed by atoms with Gasteiger partial charge in [-0.3, -0.25) is 0 Å². The maximum absolute atomic E-state index is 10.0. The van der Waals surface area contributed by atoms with E-state index in [1.807, 2.05) is 0 Å². The number of rotatable bonds is 12. The zero-order chi connectivity index (χ0) is 23.5. The summed E-state index contributed by atoms with van der Waals surface area (Å²) in [6.07, 6.45) is 11.9. The molecule has 1 N–H and O–H groups in total. The predicted octanol–water partition coefficient (Wildman–Crippen LogP) is 8.03. The van der Waals surface area contributed by atoms with Gasteiger partial charge < -0.3 is 9.84 Å². The molecule has 0 aliphatic heterocycles. The SMILES string of the molecule is CCCC(C)Oc1ccc(-c2ccc(C3CCCC(C#N)(CCCCCCO)C3)cc2)cc1. The minimum Gasteiger partial charge on any atom is -0.491 e. The van der Waals surface area contributed by atoms with Gasteiger partial charge in [-0.15, -0.1) is 0 Å². The Morgan fingerprint density at radius 2 is 1.70 bits per heavy atom. The van der Waals surface area contributed by atoms with E-state index in [1.54, 1.807) is 0 Å². The molecule has 178 valence electrons. The molecule has 1 aliphatic carbocycles. The van der Waals surface area contributed by atoms with E-state index in [0.29, 0.717) is 5.92 Å². The first-order chi connectivity index (χ1) is 16.1. The molecule has 1 aliphatic rings. The van der Waals surface area contributed by atoms with Crippen molar-refractivity contribution in [3.8, 4) is 22.9 Å². The lowest BCUT2D eigenvalue weighted by Gasteiger charge is -2.36. The standard InChI is InChI=1S/C30H41NO2/c1-3-9-24(2)33-29-17-15-26(16-18-29)25-11-13-27(14-12-25)28-10-8-20-30(22-28,23-31)19-6-4-5-7-21-32/h11-18,24,28,32H,3-10,19-22H2,1-2H3. The van der Waals surface area contributed by atoms with E-state index in [1.165, 1.54) is 23.1 Å². The van der Waals surface area contributed by atoms with Crippen molar-refractivity contribution in [3.05, 3.63) is 54.1 Å². The van der Waals surface area contributed by atoms with E-state index >= 15 is 0 Å². The maximum atomic E-state index is 10.0. The summed E-state index contributed by atoms with van der Waals surface area (Å²) in [4.78, 5) is 0. The molecule has 0 spiro atoms. The highest BCUT2D eigenvalue weighted by Gasteiger charge is 2.36. The van der Waals surface area contributed by atoms with Crippen LogP contribution in [0.3, 0.4) is 0 Å². The minimum atomic E-state index is -0.175. The fourth-order valence-electron chi connectivity index (χ4n) is 5.33. The molecule has 0 amide bonds. The van der Waals surface area contributed by atoms with Gasteiger partial charge in [-0.1, -0.05) is 75.4 Å². The minimum absolute atomic E-state index is 0.175. The lowest BCUT2D eigenvalue weighted by Crippen LogP contribution is -2.26. The molecular formula is C30H41NO2. The summed E-state index contributed by atoms with van der Waals surface area (Å²) in [5.74, 6) is 1.41. The van der Waals surface area contributed by atoms with Gasteiger partial charge in [-0.05, 0) is 80.2 Å². The van der Waals surface area contributed by atoms with E-state index < -0.39 is 0 Å². The molecule has 2 aromatic carbocycles. The topological polar surface area (TPSA) is 53.2 Å². The van der Waals surface area contributed by atoms with Crippen LogP contribution in [0.4, 0.5) is 0 Å². The van der Waals surface area contributed by atoms with Crippen LogP contribution in [0.5, 0.6) is 5.75 Å². The highest BCUT2D eigenvalue weighted by Crippen LogP contribution is 2.46. The van der Waals surface area contributed by atoms with Crippen molar-refractivity contribution in [1.29, 1.82) is 5.26 Å². The van der Waals surface area contributed by atoms with E-state index in [-0.39, 0.29) is 18.1 Å². The molecular weight excluding hydrogens is 406 g/mol. The van der Waals surface area contributed by atoms with E-state index in [2.05, 4.69) is 68.4 Å². The number of benzene rings is 2. The zero-order valence-corrected chi connectivity index (χ0v) is 20.6. The summed E-state index contributed by atoms with van der Waals surface area (Å²) < 4.78 is 5.98. The van der Waals surface area contributed by atoms with Gasteiger partial charge in [0.1, 0.15) is 5.75 Å². The van der Waals surface area contributed by atoms with Crippen LogP contribution in [0, 0.1) is 16.7 Å². The molecule has 0 radical (unpaired) electrons. The van der Waals surface area contributed by atoms with Crippen LogP contribution in [0.15, 0.2) is 48.5 Å². The Morgan fingerprint density at radius 1 is 1.03 bits per heavy atom. The molecule has 3 heteroatoms. The molecule has 1 saturated carbocycles. The summed E-state index contributed by atoms with van der Waals surface area (Å²) in [6.45, 7) is 4.58. The third kappa shape index (κ3) is 7.34. The summed E-state index contributed by atoms with van der Waals surface area (Å²) in [6, 6.07) is 20.1. The Balaban J connectivity index is 1.60. The molecule has 0 saturated heterocycles. The molecule has 0 heterocycles. The first kappa shape index (κ1) is 25.3. The molecule has 3 nitrogen and oxygen atoms in total. The molecule has 0 aromatic heterocycles. The van der Waals surface area contributed by atoms with Crippen LogP contribution in [-0.4, -0.2) is 17.8 Å². The number of unbranched alkanes of at least 4 members (excludes halogenated alkanes) is 3. The third-order valence-electron chi connectivity index (χ3n) is 7.25. The van der Waals surface area contributed by atoms with Gasteiger partial charge in [0.2, 0.25) is 0 Å². The maximum Gasteiger partial charge on any atom is 0.119 e. The predicted molar refractivity (Wildman–Crippen MR) is 136 cm³/mol. The first-order valence-corrected chi connectivity index (χ1v) is 13.0. The monoisotopic (exact) mass is 447 g/mol. The summed E-state index contributed by atoms with van der Waals surface area (Å²) in [5, 5.41) is 19.0. The molecule has 1 fully saturated rings. The lowest BCUT2D eigenvalue weighted by atomic mass is 9.66. The van der Waals surface area contributed by atoms with Crippen LogP contribution >= 0.6 is 0 Å². The number of hydrogen-bond donors (Lipinski definition) is 1. The molecule has 3 atom stereocenters. The summed E-state index contributed by atoms with van der Waals surface area (Å²) in [5.41, 5.74) is 3.62. The summed E-state index contributed by atoms with van der Waals surface area (Å²) in [7, 11) is 0. The Kier molecular flexibility index (Phi) is 9.82. The first-order valence-electron chi connectivity index (χ1n) is 13.0. The molecule has 3 unspecified atom stereocenters. The van der Waals surface area contributed by atoms with Crippen LogP contribution in [0.2, 0.25) is 0 Å². The zero-order valence-electron chi connectivity index (χ0n) is 20.6. The Labute approximate surface area is 200 Å². The van der Waals surface area contributed by atoms with E-state index in [9.17, 15) is 5.26 Å². The quantitative estimate of drug-likeness (QED) is 0.335. The lowest BCUT2D eigenvalue weighted by molar-refractivity contribution is 0.210. The van der Waals surface area contributed by atoms with Crippen molar-refractivity contribution >= 4 is 0 Å². The van der Waals surface area contributed by atoms with Gasteiger partial charge in [0, 0.05) is 6.61 Å². The number of nitrogens with zero attached hydrogens (tertiary/aromatic N) is 1. The van der Waals surface area contributed by atoms with Crippen LogP contribution in [0.25, 0.3) is 11.1 Å². The number of aliphatic hydroxyl groups is 1. The number of hydrogen-bond acceptors (Lipinski definition) is 3. The van der Waals surface area contributed by atoms with Crippen LogP contribution in [-0.2, 0) is 0 Å². The van der Waals surface area contributed by atoms with Gasteiger partial charge in [0.05, 0.1) is 17.6 Å². The smallest absolute Gasteiger partial charge is 0.119 e. The number of ether oxygens (including phenoxy) is 1. The van der Waals surface area contributed by atoms with E-state index in [4.69, 9.17) is 9.84 Å². The Morgan fingerprint density at radius 3 is 2.33 bits per heavy atom. The van der Waals surface area contributed by atoms with Crippen molar-refractivity contribution in [2.45, 2.75) is 96.5 Å². The second-order valence-corrected chi connectivity index (χ2v) is 9.94. The number of aliphatic hydroxyl groups excluding tert-OH is 1. The normalized spacial score (nSPS) is 21.3. The molecule has 3 rings (SSSR count). The van der Waals surface area contributed by atoms with Crippen molar-refractivity contribution < 1.29 is 9.84 Å². The number of nitriles is 1. The van der Waals surface area contributed by atoms with Gasteiger partial charge in [-0.2, -0.15) is 5.26 Å². The van der Waals surface area contributed by atoms with Gasteiger partial charge in [0.25, 0.3) is 0 Å². The van der Waals surface area contributed by atoms with Crippen molar-refractivity contribution in [2.24, 2.45) is 5.41 Å². The largest absolute Gasteiger partial charge is 0.491 e. The van der Waals surface area contributed by atoms with Crippen molar-refractivity contribution in [3.63, 3.8) is 0 Å². The molecule has 0 bridgehead atoms. The fourth-order valence-corrected chi connectivity index (χ4v) is 5.33. The molecule has 2 aromatic rings.